The Morgan fingerprint density at radius 1 is 1.04 bits per heavy atom. The fourth-order valence-electron chi connectivity index (χ4n) is 1.82. The lowest BCUT2D eigenvalue weighted by Gasteiger charge is -2.06. The summed E-state index contributed by atoms with van der Waals surface area (Å²) in [5.74, 6) is -0.0779. The first-order chi connectivity index (χ1) is 11.1. The average molecular weight is 329 g/mol. The molecule has 0 aromatic heterocycles. The van der Waals surface area contributed by atoms with Gasteiger partial charge in [0.25, 0.3) is 5.91 Å². The summed E-state index contributed by atoms with van der Waals surface area (Å²) < 4.78 is 4.97. The number of amides is 1. The molecule has 0 aliphatic heterocycles. The highest BCUT2D eigenvalue weighted by Gasteiger charge is 2.08. The van der Waals surface area contributed by atoms with Gasteiger partial charge in [0.1, 0.15) is 0 Å². The molecule has 4 nitrogen and oxygen atoms in total. The van der Waals surface area contributed by atoms with Gasteiger partial charge in [-0.05, 0) is 31.2 Å². The van der Waals surface area contributed by atoms with Crippen molar-refractivity contribution >= 4 is 29.3 Å². The molecule has 2 aromatic rings. The fraction of sp³-hybridized carbons (Fsp3) is 0.222. The molecule has 0 aliphatic carbocycles. The van der Waals surface area contributed by atoms with Gasteiger partial charge in [0, 0.05) is 16.3 Å². The largest absolute Gasteiger partial charge is 0.456 e. The van der Waals surface area contributed by atoms with Crippen LogP contribution in [0.5, 0.6) is 0 Å². The zero-order valence-corrected chi connectivity index (χ0v) is 13.8. The third kappa shape index (κ3) is 6.57. The number of esters is 1. The quantitative estimate of drug-likeness (QED) is 0.622. The van der Waals surface area contributed by atoms with Gasteiger partial charge in [-0.25, -0.2) is 0 Å². The second-order valence-corrected chi connectivity index (χ2v) is 6.15. The number of nitrogens with one attached hydrogen (secondary N) is 1. The molecule has 5 heteroatoms. The maximum Gasteiger partial charge on any atom is 0.307 e. The molecule has 1 N–H and O–H groups in total. The van der Waals surface area contributed by atoms with Gasteiger partial charge in [0.05, 0.1) is 6.42 Å². The number of hydrogen-bond acceptors (Lipinski definition) is 4. The number of carbonyl (C=O) groups excluding carboxylic acids is 2. The van der Waals surface area contributed by atoms with Gasteiger partial charge in [-0.2, -0.15) is 0 Å². The van der Waals surface area contributed by atoms with Crippen LogP contribution in [0.3, 0.4) is 0 Å². The number of hydrogen-bond donors (Lipinski definition) is 1. The van der Waals surface area contributed by atoms with Gasteiger partial charge >= 0.3 is 5.97 Å². The Balaban J connectivity index is 1.63. The number of para-hydroxylation sites is 1. The Morgan fingerprint density at radius 3 is 2.43 bits per heavy atom. The summed E-state index contributed by atoms with van der Waals surface area (Å²) in [6, 6.07) is 17.2. The Morgan fingerprint density at radius 2 is 1.74 bits per heavy atom. The van der Waals surface area contributed by atoms with E-state index in [4.69, 9.17) is 4.74 Å². The zero-order valence-electron chi connectivity index (χ0n) is 13.0. The molecule has 0 atom stereocenters. The maximum absolute atomic E-state index is 11.7. The number of rotatable bonds is 7. The Labute approximate surface area is 140 Å². The molecule has 0 spiro atoms. The van der Waals surface area contributed by atoms with Crippen LogP contribution in [-0.4, -0.2) is 24.2 Å². The van der Waals surface area contributed by atoms with Gasteiger partial charge in [0.2, 0.25) is 0 Å². The van der Waals surface area contributed by atoms with Gasteiger partial charge < -0.3 is 10.1 Å². The zero-order chi connectivity index (χ0) is 16.5. The van der Waals surface area contributed by atoms with Crippen molar-refractivity contribution in [1.82, 2.24) is 0 Å². The summed E-state index contributed by atoms with van der Waals surface area (Å²) in [5, 5.41) is 2.66. The molecule has 0 aliphatic rings. The van der Waals surface area contributed by atoms with Crippen LogP contribution < -0.4 is 5.32 Å². The third-order valence-electron chi connectivity index (χ3n) is 3.02. The number of carbonyl (C=O) groups is 2. The Kier molecular flexibility index (Phi) is 6.69. The molecule has 0 saturated heterocycles. The molecule has 23 heavy (non-hydrogen) atoms. The van der Waals surface area contributed by atoms with Crippen LogP contribution in [0.15, 0.2) is 59.5 Å². The van der Waals surface area contributed by atoms with Crippen molar-refractivity contribution in [2.75, 3.05) is 17.7 Å². The topological polar surface area (TPSA) is 55.4 Å². The van der Waals surface area contributed by atoms with E-state index < -0.39 is 0 Å². The molecule has 0 unspecified atom stereocenters. The minimum Gasteiger partial charge on any atom is -0.456 e. The number of benzene rings is 2. The minimum atomic E-state index is -0.368. The Bertz CT molecular complexity index is 641. The highest BCUT2D eigenvalue weighted by molar-refractivity contribution is 7.99. The molecule has 0 saturated carbocycles. The second-order valence-electron chi connectivity index (χ2n) is 4.99. The van der Waals surface area contributed by atoms with E-state index in [1.807, 2.05) is 49.4 Å². The fourth-order valence-corrected chi connectivity index (χ4v) is 2.66. The van der Waals surface area contributed by atoms with E-state index in [0.717, 1.165) is 4.90 Å². The number of aryl methyl sites for hydroxylation is 1. The van der Waals surface area contributed by atoms with Crippen molar-refractivity contribution in [2.45, 2.75) is 18.2 Å². The molecule has 120 valence electrons. The SMILES string of the molecule is Cc1ccc(SCCC(=O)OCC(=O)Nc2ccccc2)cc1. The van der Waals surface area contributed by atoms with Crippen LogP contribution in [0.25, 0.3) is 0 Å². The highest BCUT2D eigenvalue weighted by Crippen LogP contribution is 2.19. The van der Waals surface area contributed by atoms with E-state index in [-0.39, 0.29) is 24.9 Å². The summed E-state index contributed by atoms with van der Waals surface area (Å²) in [6.45, 7) is 1.77. The van der Waals surface area contributed by atoms with Gasteiger partial charge in [0.15, 0.2) is 6.61 Å². The molecule has 1 amide bonds. The summed E-state index contributed by atoms with van der Waals surface area (Å²) in [7, 11) is 0. The average Bonchev–Trinajstić information content (AvgIpc) is 2.56. The van der Waals surface area contributed by atoms with Crippen molar-refractivity contribution in [3.8, 4) is 0 Å². The Hall–Kier alpha value is -2.27. The molecule has 2 rings (SSSR count). The number of ether oxygens (including phenoxy) is 1. The lowest BCUT2D eigenvalue weighted by Crippen LogP contribution is -2.20. The van der Waals surface area contributed by atoms with Crippen molar-refractivity contribution in [3.63, 3.8) is 0 Å². The van der Waals surface area contributed by atoms with Crippen molar-refractivity contribution in [1.29, 1.82) is 0 Å². The molecule has 0 fully saturated rings. The van der Waals surface area contributed by atoms with Crippen molar-refractivity contribution in [3.05, 3.63) is 60.2 Å². The van der Waals surface area contributed by atoms with E-state index in [2.05, 4.69) is 5.32 Å². The summed E-state index contributed by atoms with van der Waals surface area (Å²) in [5.41, 5.74) is 1.89. The normalized spacial score (nSPS) is 10.1. The van der Waals surface area contributed by atoms with Crippen LogP contribution in [0.1, 0.15) is 12.0 Å². The van der Waals surface area contributed by atoms with Gasteiger partial charge in [-0.15, -0.1) is 11.8 Å². The first-order valence-corrected chi connectivity index (χ1v) is 8.32. The summed E-state index contributed by atoms with van der Waals surface area (Å²) >= 11 is 1.59. The van der Waals surface area contributed by atoms with Crippen LogP contribution in [0.4, 0.5) is 5.69 Å². The molecular weight excluding hydrogens is 310 g/mol. The standard InChI is InChI=1S/C18H19NO3S/c1-14-7-9-16(10-8-14)23-12-11-18(21)22-13-17(20)19-15-5-3-2-4-6-15/h2-10H,11-13H2,1H3,(H,19,20). The van der Waals surface area contributed by atoms with Crippen LogP contribution in [0, 0.1) is 6.92 Å². The van der Waals surface area contributed by atoms with E-state index >= 15 is 0 Å². The molecule has 0 heterocycles. The van der Waals surface area contributed by atoms with E-state index in [1.54, 1.807) is 23.9 Å². The third-order valence-corrected chi connectivity index (χ3v) is 4.03. The van der Waals surface area contributed by atoms with Crippen LogP contribution in [0.2, 0.25) is 0 Å². The molecule has 0 bridgehead atoms. The van der Waals surface area contributed by atoms with Crippen LogP contribution >= 0.6 is 11.8 Å². The molecular formula is C18H19NO3S. The minimum absolute atomic E-state index is 0.261. The number of anilines is 1. The van der Waals surface area contributed by atoms with E-state index in [9.17, 15) is 9.59 Å². The predicted octanol–water partition coefficient (Wildman–Crippen LogP) is 3.66. The predicted molar refractivity (Wildman–Crippen MR) is 92.6 cm³/mol. The van der Waals surface area contributed by atoms with Crippen LogP contribution in [-0.2, 0) is 14.3 Å². The van der Waals surface area contributed by atoms with Gasteiger partial charge in [-0.3, -0.25) is 9.59 Å². The number of thioether (sulfide) groups is 1. The maximum atomic E-state index is 11.7. The lowest BCUT2D eigenvalue weighted by atomic mass is 10.2. The van der Waals surface area contributed by atoms with E-state index in [0.29, 0.717) is 11.4 Å². The second kappa shape index (κ2) is 9.00. The van der Waals surface area contributed by atoms with Crippen molar-refractivity contribution in [2.24, 2.45) is 0 Å². The van der Waals surface area contributed by atoms with Crippen molar-refractivity contribution < 1.29 is 14.3 Å². The summed E-state index contributed by atoms with van der Waals surface area (Å²) in [4.78, 5) is 24.4. The molecule has 0 radical (unpaired) electrons. The highest BCUT2D eigenvalue weighted by atomic mass is 32.2. The monoisotopic (exact) mass is 329 g/mol. The smallest absolute Gasteiger partial charge is 0.307 e. The summed E-state index contributed by atoms with van der Waals surface area (Å²) in [6.07, 6.45) is 0.275. The first-order valence-electron chi connectivity index (χ1n) is 7.33. The lowest BCUT2D eigenvalue weighted by molar-refractivity contribution is -0.146. The van der Waals surface area contributed by atoms with Gasteiger partial charge in [-0.1, -0.05) is 35.9 Å². The molecule has 2 aromatic carbocycles. The first kappa shape index (κ1) is 17.1. The van der Waals surface area contributed by atoms with E-state index in [1.165, 1.54) is 5.56 Å².